The molecule has 0 bridgehead atoms. The Bertz CT molecular complexity index is 195. The van der Waals surface area contributed by atoms with Crippen molar-refractivity contribution >= 4 is 5.97 Å². The number of fused-ring (bicyclic) bond motifs is 1. The smallest absolute Gasteiger partial charge is 0.332 e. The largest absolute Gasteiger partial charge is 0.479 e. The van der Waals surface area contributed by atoms with Crippen LogP contribution in [0.1, 0.15) is 12.8 Å². The van der Waals surface area contributed by atoms with Gasteiger partial charge in [0.2, 0.25) is 0 Å². The molecule has 4 heteroatoms. The van der Waals surface area contributed by atoms with Crippen molar-refractivity contribution in [2.45, 2.75) is 25.0 Å². The van der Waals surface area contributed by atoms with Crippen LogP contribution in [0.5, 0.6) is 0 Å². The van der Waals surface area contributed by atoms with Crippen molar-refractivity contribution in [3.63, 3.8) is 0 Å². The maximum absolute atomic E-state index is 10.6. The predicted molar refractivity (Wildman–Crippen MR) is 41.9 cm³/mol. The number of aliphatic carboxylic acids is 1. The van der Waals surface area contributed by atoms with Gasteiger partial charge < -0.3 is 15.2 Å². The minimum absolute atomic E-state index is 0.139. The molecule has 0 aliphatic carbocycles. The number of nitrogens with one attached hydrogen (secondary N) is 1. The van der Waals surface area contributed by atoms with Gasteiger partial charge >= 0.3 is 5.97 Å². The van der Waals surface area contributed by atoms with E-state index in [4.69, 9.17) is 9.84 Å². The van der Waals surface area contributed by atoms with Crippen LogP contribution in [0.2, 0.25) is 0 Å². The molecule has 0 aromatic carbocycles. The number of hydrogen-bond acceptors (Lipinski definition) is 3. The summed E-state index contributed by atoms with van der Waals surface area (Å²) < 4.78 is 5.41. The number of carboxylic acids is 1. The average molecular weight is 171 g/mol. The molecule has 0 aromatic heterocycles. The van der Waals surface area contributed by atoms with Crippen molar-refractivity contribution < 1.29 is 14.6 Å². The number of ether oxygens (including phenoxy) is 1. The molecule has 4 nitrogen and oxygen atoms in total. The van der Waals surface area contributed by atoms with E-state index in [-0.39, 0.29) is 6.10 Å². The van der Waals surface area contributed by atoms with E-state index >= 15 is 0 Å². The molecule has 2 saturated heterocycles. The van der Waals surface area contributed by atoms with Gasteiger partial charge in [-0.05, 0) is 18.8 Å². The van der Waals surface area contributed by atoms with Crippen LogP contribution in [0.15, 0.2) is 0 Å². The summed E-state index contributed by atoms with van der Waals surface area (Å²) in [6, 6.07) is 0. The molecular formula is C8H13NO3. The van der Waals surface area contributed by atoms with Crippen LogP contribution in [0.4, 0.5) is 0 Å². The quantitative estimate of drug-likeness (QED) is 0.575. The lowest BCUT2D eigenvalue weighted by Gasteiger charge is -2.29. The molecule has 2 aliphatic heterocycles. The molecule has 0 saturated carbocycles. The Hall–Kier alpha value is -0.610. The summed E-state index contributed by atoms with van der Waals surface area (Å²) in [6.45, 7) is 1.80. The number of hydrogen-bond donors (Lipinski definition) is 2. The second-order valence-electron chi connectivity index (χ2n) is 3.50. The zero-order valence-corrected chi connectivity index (χ0v) is 6.82. The van der Waals surface area contributed by atoms with Gasteiger partial charge in [0, 0.05) is 13.1 Å². The average Bonchev–Trinajstić information content (AvgIpc) is 2.49. The van der Waals surface area contributed by atoms with E-state index in [2.05, 4.69) is 5.32 Å². The third kappa shape index (κ3) is 1.32. The Kier molecular flexibility index (Phi) is 2.02. The van der Waals surface area contributed by atoms with Gasteiger partial charge in [-0.2, -0.15) is 0 Å². The molecule has 0 spiro atoms. The number of carboxylic acid groups (broad SMARTS) is 1. The van der Waals surface area contributed by atoms with Crippen LogP contribution in [-0.4, -0.2) is 36.4 Å². The molecule has 2 rings (SSSR count). The molecule has 2 aliphatic rings. The van der Waals surface area contributed by atoms with Crippen LogP contribution >= 0.6 is 0 Å². The van der Waals surface area contributed by atoms with Crippen LogP contribution in [-0.2, 0) is 9.53 Å². The van der Waals surface area contributed by atoms with Crippen LogP contribution in [0.25, 0.3) is 0 Å². The van der Waals surface area contributed by atoms with E-state index in [0.29, 0.717) is 12.3 Å². The van der Waals surface area contributed by atoms with E-state index in [9.17, 15) is 4.79 Å². The topological polar surface area (TPSA) is 58.6 Å². The number of carbonyl (C=O) groups is 1. The third-order valence-electron chi connectivity index (χ3n) is 2.69. The van der Waals surface area contributed by atoms with Gasteiger partial charge in [0.25, 0.3) is 0 Å². The second kappa shape index (κ2) is 3.03. The Labute approximate surface area is 70.9 Å². The first-order valence-electron chi connectivity index (χ1n) is 4.36. The minimum atomic E-state index is -0.819. The fourth-order valence-electron chi connectivity index (χ4n) is 1.98. The zero-order chi connectivity index (χ0) is 8.55. The molecule has 68 valence electrons. The van der Waals surface area contributed by atoms with E-state index in [1.54, 1.807) is 0 Å². The molecule has 0 unspecified atom stereocenters. The molecule has 3 atom stereocenters. The van der Waals surface area contributed by atoms with Gasteiger partial charge in [-0.15, -0.1) is 0 Å². The third-order valence-corrected chi connectivity index (χ3v) is 2.69. The molecule has 0 amide bonds. The lowest BCUT2D eigenvalue weighted by atomic mass is 9.94. The second-order valence-corrected chi connectivity index (χ2v) is 3.50. The summed E-state index contributed by atoms with van der Waals surface area (Å²) in [7, 11) is 0. The Morgan fingerprint density at radius 2 is 2.25 bits per heavy atom. The van der Waals surface area contributed by atoms with E-state index in [1.807, 2.05) is 0 Å². The van der Waals surface area contributed by atoms with Gasteiger partial charge in [0.1, 0.15) is 0 Å². The highest BCUT2D eigenvalue weighted by molar-refractivity contribution is 5.72. The molecular weight excluding hydrogens is 158 g/mol. The first-order chi connectivity index (χ1) is 5.77. The van der Waals surface area contributed by atoms with Crippen molar-refractivity contribution in [1.82, 2.24) is 5.32 Å². The SMILES string of the molecule is O=C(O)[C@H]1CC[C@@H]2CNC[C@H]2O1. The monoisotopic (exact) mass is 171 g/mol. The Morgan fingerprint density at radius 3 is 3.00 bits per heavy atom. The fraction of sp³-hybridized carbons (Fsp3) is 0.875. The Morgan fingerprint density at radius 1 is 1.42 bits per heavy atom. The van der Waals surface area contributed by atoms with Gasteiger partial charge in [-0.3, -0.25) is 0 Å². The summed E-state index contributed by atoms with van der Waals surface area (Å²) in [5.74, 6) is -0.277. The molecule has 2 heterocycles. The highest BCUT2D eigenvalue weighted by Crippen LogP contribution is 2.27. The molecule has 2 fully saturated rings. The maximum Gasteiger partial charge on any atom is 0.332 e. The number of rotatable bonds is 1. The van der Waals surface area contributed by atoms with Crippen LogP contribution < -0.4 is 5.32 Å². The van der Waals surface area contributed by atoms with Crippen molar-refractivity contribution in [2.24, 2.45) is 5.92 Å². The maximum atomic E-state index is 10.6. The lowest BCUT2D eigenvalue weighted by Crippen LogP contribution is -2.38. The lowest BCUT2D eigenvalue weighted by molar-refractivity contribution is -0.160. The van der Waals surface area contributed by atoms with Gasteiger partial charge in [0.15, 0.2) is 6.10 Å². The summed E-state index contributed by atoms with van der Waals surface area (Å²) in [6.07, 6.45) is 1.22. The summed E-state index contributed by atoms with van der Waals surface area (Å²) in [5.41, 5.74) is 0. The van der Waals surface area contributed by atoms with E-state index in [1.165, 1.54) is 0 Å². The molecule has 2 N–H and O–H groups in total. The summed E-state index contributed by atoms with van der Waals surface area (Å²) in [4.78, 5) is 10.6. The summed E-state index contributed by atoms with van der Waals surface area (Å²) in [5, 5.41) is 11.9. The molecule has 0 radical (unpaired) electrons. The fourth-order valence-corrected chi connectivity index (χ4v) is 1.98. The van der Waals surface area contributed by atoms with Crippen molar-refractivity contribution in [2.75, 3.05) is 13.1 Å². The van der Waals surface area contributed by atoms with Crippen LogP contribution in [0.3, 0.4) is 0 Å². The van der Waals surface area contributed by atoms with Gasteiger partial charge in [-0.1, -0.05) is 0 Å². The zero-order valence-electron chi connectivity index (χ0n) is 6.82. The van der Waals surface area contributed by atoms with Crippen molar-refractivity contribution in [3.05, 3.63) is 0 Å². The summed E-state index contributed by atoms with van der Waals surface area (Å²) >= 11 is 0. The predicted octanol–water partition coefficient (Wildman–Crippen LogP) is -0.162. The van der Waals surface area contributed by atoms with Crippen molar-refractivity contribution in [3.8, 4) is 0 Å². The van der Waals surface area contributed by atoms with E-state index < -0.39 is 12.1 Å². The van der Waals surface area contributed by atoms with Crippen LogP contribution in [0, 0.1) is 5.92 Å². The first-order valence-corrected chi connectivity index (χ1v) is 4.36. The highest BCUT2D eigenvalue weighted by atomic mass is 16.5. The standard InChI is InChI=1S/C8H13NO3/c10-8(11)6-2-1-5-3-9-4-7(5)12-6/h5-7,9H,1-4H2,(H,10,11)/t5-,6-,7-/m1/s1. The van der Waals surface area contributed by atoms with Gasteiger partial charge in [0.05, 0.1) is 6.10 Å². The van der Waals surface area contributed by atoms with Gasteiger partial charge in [-0.25, -0.2) is 4.79 Å². The molecule has 12 heavy (non-hydrogen) atoms. The molecule has 0 aromatic rings. The highest BCUT2D eigenvalue weighted by Gasteiger charge is 2.37. The Balaban J connectivity index is 1.96. The normalized spacial score (nSPS) is 40.8. The van der Waals surface area contributed by atoms with E-state index in [0.717, 1.165) is 19.5 Å². The first kappa shape index (κ1) is 8.01. The minimum Gasteiger partial charge on any atom is -0.479 e. The van der Waals surface area contributed by atoms with Crippen molar-refractivity contribution in [1.29, 1.82) is 0 Å².